The number of rotatable bonds is 7. The van der Waals surface area contributed by atoms with Crippen LogP contribution < -0.4 is 5.32 Å². The van der Waals surface area contributed by atoms with Crippen LogP contribution in [0.2, 0.25) is 0 Å². The molecule has 0 aliphatic rings. The third-order valence-electron chi connectivity index (χ3n) is 2.61. The molecule has 0 saturated carbocycles. The van der Waals surface area contributed by atoms with Crippen LogP contribution in [0, 0.1) is 5.92 Å². The minimum Gasteiger partial charge on any atom is -0.444 e. The Bertz CT molecular complexity index is 294. The average molecular weight is 224 g/mol. The van der Waals surface area contributed by atoms with Gasteiger partial charge in [0, 0.05) is 5.92 Å². The van der Waals surface area contributed by atoms with Gasteiger partial charge in [0.25, 0.3) is 0 Å². The van der Waals surface area contributed by atoms with E-state index in [0.717, 1.165) is 31.2 Å². The van der Waals surface area contributed by atoms with Gasteiger partial charge in [-0.05, 0) is 18.9 Å². The molecule has 0 spiro atoms. The van der Waals surface area contributed by atoms with E-state index in [1.165, 1.54) is 6.42 Å². The van der Waals surface area contributed by atoms with Crippen LogP contribution in [0.15, 0.2) is 10.6 Å². The first-order chi connectivity index (χ1) is 7.63. The van der Waals surface area contributed by atoms with Crippen molar-refractivity contribution in [3.05, 3.63) is 17.8 Å². The normalized spacial score (nSPS) is 13.3. The van der Waals surface area contributed by atoms with Crippen LogP contribution in [0.3, 0.4) is 0 Å². The molecule has 1 atom stereocenters. The summed E-state index contributed by atoms with van der Waals surface area (Å²) in [6.45, 7) is 10.5. The van der Waals surface area contributed by atoms with Gasteiger partial charge in [-0.2, -0.15) is 0 Å². The molecule has 0 radical (unpaired) electrons. The highest BCUT2D eigenvalue weighted by molar-refractivity contribution is 5.00. The zero-order chi connectivity index (χ0) is 12.0. The van der Waals surface area contributed by atoms with Gasteiger partial charge in [0.1, 0.15) is 5.76 Å². The second kappa shape index (κ2) is 6.69. The summed E-state index contributed by atoms with van der Waals surface area (Å²) in [4.78, 5) is 4.29. The van der Waals surface area contributed by atoms with Crippen LogP contribution >= 0.6 is 0 Å². The lowest BCUT2D eigenvalue weighted by atomic mass is 10.0. The Morgan fingerprint density at radius 3 is 2.75 bits per heavy atom. The summed E-state index contributed by atoms with van der Waals surface area (Å²) in [5, 5.41) is 3.33. The van der Waals surface area contributed by atoms with E-state index in [9.17, 15) is 0 Å². The Balaban J connectivity index is 2.39. The van der Waals surface area contributed by atoms with Crippen LogP contribution in [0.5, 0.6) is 0 Å². The van der Waals surface area contributed by atoms with Crippen LogP contribution in [-0.2, 0) is 6.54 Å². The molecule has 16 heavy (non-hydrogen) atoms. The van der Waals surface area contributed by atoms with Gasteiger partial charge in [0.05, 0.1) is 12.7 Å². The third kappa shape index (κ3) is 4.35. The SMILES string of the molecule is CCCC(C)c1cnc(CNCC(C)C)o1. The van der Waals surface area contributed by atoms with Crippen molar-refractivity contribution >= 4 is 0 Å². The predicted molar refractivity (Wildman–Crippen MR) is 66.4 cm³/mol. The second-order valence-electron chi connectivity index (χ2n) is 4.87. The van der Waals surface area contributed by atoms with Gasteiger partial charge >= 0.3 is 0 Å². The first-order valence-corrected chi connectivity index (χ1v) is 6.28. The molecule has 0 aromatic carbocycles. The molecule has 1 unspecified atom stereocenters. The van der Waals surface area contributed by atoms with E-state index in [1.807, 2.05) is 6.20 Å². The molecule has 1 heterocycles. The number of oxazole rings is 1. The highest BCUT2D eigenvalue weighted by Crippen LogP contribution is 2.20. The van der Waals surface area contributed by atoms with Crippen molar-refractivity contribution in [2.45, 2.75) is 53.0 Å². The van der Waals surface area contributed by atoms with Crippen molar-refractivity contribution in [3.8, 4) is 0 Å². The van der Waals surface area contributed by atoms with Crippen molar-refractivity contribution in [2.24, 2.45) is 5.92 Å². The molecule has 0 aliphatic carbocycles. The van der Waals surface area contributed by atoms with Crippen LogP contribution in [0.4, 0.5) is 0 Å². The number of hydrogen-bond acceptors (Lipinski definition) is 3. The highest BCUT2D eigenvalue weighted by Gasteiger charge is 2.10. The molecular formula is C13H24N2O. The van der Waals surface area contributed by atoms with Gasteiger partial charge < -0.3 is 9.73 Å². The summed E-state index contributed by atoms with van der Waals surface area (Å²) < 4.78 is 5.71. The number of hydrogen-bond donors (Lipinski definition) is 1. The zero-order valence-electron chi connectivity index (χ0n) is 10.9. The molecular weight excluding hydrogens is 200 g/mol. The predicted octanol–water partition coefficient (Wildman–Crippen LogP) is 3.32. The van der Waals surface area contributed by atoms with Gasteiger partial charge in [-0.15, -0.1) is 0 Å². The van der Waals surface area contributed by atoms with Gasteiger partial charge in [0.2, 0.25) is 5.89 Å². The summed E-state index contributed by atoms with van der Waals surface area (Å²) in [5.74, 6) is 2.96. The molecule has 3 nitrogen and oxygen atoms in total. The first-order valence-electron chi connectivity index (χ1n) is 6.28. The summed E-state index contributed by atoms with van der Waals surface area (Å²) >= 11 is 0. The summed E-state index contributed by atoms with van der Waals surface area (Å²) in [7, 11) is 0. The molecule has 0 bridgehead atoms. The Morgan fingerprint density at radius 2 is 2.12 bits per heavy atom. The molecule has 3 heteroatoms. The number of aromatic nitrogens is 1. The van der Waals surface area contributed by atoms with E-state index in [2.05, 4.69) is 38.0 Å². The van der Waals surface area contributed by atoms with E-state index in [0.29, 0.717) is 11.8 Å². The lowest BCUT2D eigenvalue weighted by Crippen LogP contribution is -2.19. The van der Waals surface area contributed by atoms with Crippen LogP contribution in [0.1, 0.15) is 58.1 Å². The van der Waals surface area contributed by atoms with Gasteiger partial charge in [-0.3, -0.25) is 0 Å². The fraction of sp³-hybridized carbons (Fsp3) is 0.769. The van der Waals surface area contributed by atoms with Gasteiger partial charge in [0.15, 0.2) is 0 Å². The Kier molecular flexibility index (Phi) is 5.53. The minimum absolute atomic E-state index is 0.483. The number of nitrogens with one attached hydrogen (secondary N) is 1. The van der Waals surface area contributed by atoms with Crippen molar-refractivity contribution in [1.82, 2.24) is 10.3 Å². The molecule has 0 fully saturated rings. The first kappa shape index (κ1) is 13.2. The standard InChI is InChI=1S/C13H24N2O/c1-5-6-11(4)12-8-15-13(16-12)9-14-7-10(2)3/h8,10-11,14H,5-7,9H2,1-4H3. The van der Waals surface area contributed by atoms with E-state index in [1.54, 1.807) is 0 Å². The van der Waals surface area contributed by atoms with E-state index < -0.39 is 0 Å². The molecule has 1 rings (SSSR count). The monoisotopic (exact) mass is 224 g/mol. The second-order valence-corrected chi connectivity index (χ2v) is 4.87. The van der Waals surface area contributed by atoms with E-state index >= 15 is 0 Å². The smallest absolute Gasteiger partial charge is 0.208 e. The minimum atomic E-state index is 0.483. The fourth-order valence-corrected chi connectivity index (χ4v) is 1.68. The van der Waals surface area contributed by atoms with Crippen molar-refractivity contribution < 1.29 is 4.42 Å². The summed E-state index contributed by atoms with van der Waals surface area (Å²) in [6, 6.07) is 0. The average Bonchev–Trinajstić information content (AvgIpc) is 2.66. The molecule has 1 aromatic heterocycles. The molecule has 1 N–H and O–H groups in total. The molecule has 0 saturated heterocycles. The number of nitrogens with zero attached hydrogens (tertiary/aromatic N) is 1. The largest absolute Gasteiger partial charge is 0.444 e. The van der Waals surface area contributed by atoms with Crippen molar-refractivity contribution in [1.29, 1.82) is 0 Å². The Labute approximate surface area is 98.6 Å². The maximum atomic E-state index is 5.71. The maximum Gasteiger partial charge on any atom is 0.208 e. The fourth-order valence-electron chi connectivity index (χ4n) is 1.68. The van der Waals surface area contributed by atoms with Gasteiger partial charge in [-0.1, -0.05) is 34.1 Å². The molecule has 92 valence electrons. The molecule has 1 aromatic rings. The van der Waals surface area contributed by atoms with E-state index in [4.69, 9.17) is 4.42 Å². The lowest BCUT2D eigenvalue weighted by Gasteiger charge is -2.06. The lowest BCUT2D eigenvalue weighted by molar-refractivity contribution is 0.402. The van der Waals surface area contributed by atoms with Gasteiger partial charge in [-0.25, -0.2) is 4.98 Å². The summed E-state index contributed by atoms with van der Waals surface area (Å²) in [6.07, 6.45) is 4.21. The zero-order valence-corrected chi connectivity index (χ0v) is 10.9. The van der Waals surface area contributed by atoms with Crippen molar-refractivity contribution in [3.63, 3.8) is 0 Å². The molecule has 0 aliphatic heterocycles. The summed E-state index contributed by atoms with van der Waals surface area (Å²) in [5.41, 5.74) is 0. The van der Waals surface area contributed by atoms with Crippen molar-refractivity contribution in [2.75, 3.05) is 6.54 Å². The topological polar surface area (TPSA) is 38.1 Å². The van der Waals surface area contributed by atoms with E-state index in [-0.39, 0.29) is 0 Å². The quantitative estimate of drug-likeness (QED) is 0.772. The highest BCUT2D eigenvalue weighted by atomic mass is 16.4. The Hall–Kier alpha value is -0.830. The van der Waals surface area contributed by atoms with Crippen LogP contribution in [0.25, 0.3) is 0 Å². The third-order valence-corrected chi connectivity index (χ3v) is 2.61. The Morgan fingerprint density at radius 1 is 1.38 bits per heavy atom. The molecule has 0 amide bonds. The van der Waals surface area contributed by atoms with Crippen LogP contribution in [-0.4, -0.2) is 11.5 Å². The maximum absolute atomic E-state index is 5.71.